The first kappa shape index (κ1) is 19.1. The van der Waals surface area contributed by atoms with Gasteiger partial charge in [0.15, 0.2) is 0 Å². The SMILES string of the molecule is Brc1ccc2c3c(n(-c4cc(-c5ccccc5)nc(-c5ccccc5)c4)c2c1)C=CCN3. The smallest absolute Gasteiger partial charge is 0.0730 e. The average Bonchev–Trinajstić information content (AvgIpc) is 3.18. The molecule has 0 aliphatic carbocycles. The van der Waals surface area contributed by atoms with E-state index in [-0.39, 0.29) is 0 Å². The summed E-state index contributed by atoms with van der Waals surface area (Å²) in [5, 5.41) is 4.78. The van der Waals surface area contributed by atoms with Crippen molar-refractivity contribution in [3.8, 4) is 28.2 Å². The van der Waals surface area contributed by atoms with Gasteiger partial charge in [0.25, 0.3) is 0 Å². The average molecular weight is 478 g/mol. The second kappa shape index (κ2) is 7.81. The van der Waals surface area contributed by atoms with Gasteiger partial charge >= 0.3 is 0 Å². The van der Waals surface area contributed by atoms with E-state index in [9.17, 15) is 0 Å². The maximum absolute atomic E-state index is 5.04. The third-order valence-corrected chi connectivity index (χ3v) is 6.34. The van der Waals surface area contributed by atoms with Gasteiger partial charge in [0, 0.05) is 27.5 Å². The number of nitrogens with one attached hydrogen (secondary N) is 1. The molecule has 2 aromatic heterocycles. The molecule has 154 valence electrons. The van der Waals surface area contributed by atoms with Crippen LogP contribution in [0.3, 0.4) is 0 Å². The number of fused-ring (bicyclic) bond motifs is 3. The molecule has 0 bridgehead atoms. The third-order valence-electron chi connectivity index (χ3n) is 5.85. The summed E-state index contributed by atoms with van der Waals surface area (Å²) in [7, 11) is 0. The lowest BCUT2D eigenvalue weighted by Crippen LogP contribution is -2.06. The molecule has 0 atom stereocenters. The summed E-state index contributed by atoms with van der Waals surface area (Å²) >= 11 is 3.67. The first-order valence-corrected chi connectivity index (χ1v) is 11.4. The highest BCUT2D eigenvalue weighted by Gasteiger charge is 2.20. The Kier molecular flexibility index (Phi) is 4.66. The predicted octanol–water partition coefficient (Wildman–Crippen LogP) is 7.56. The molecule has 0 radical (unpaired) electrons. The van der Waals surface area contributed by atoms with Crippen molar-refractivity contribution in [3.05, 3.63) is 107 Å². The molecular weight excluding hydrogens is 458 g/mol. The third kappa shape index (κ3) is 3.24. The van der Waals surface area contributed by atoms with Crippen LogP contribution in [0.15, 0.2) is 102 Å². The number of anilines is 1. The van der Waals surface area contributed by atoms with Gasteiger partial charge in [-0.1, -0.05) is 82.7 Å². The minimum Gasteiger partial charge on any atom is -0.379 e. The first-order valence-electron chi connectivity index (χ1n) is 10.7. The summed E-state index contributed by atoms with van der Waals surface area (Å²) in [6.07, 6.45) is 4.38. The Morgan fingerprint density at radius 1 is 0.781 bits per heavy atom. The Morgan fingerprint density at radius 2 is 1.44 bits per heavy atom. The van der Waals surface area contributed by atoms with Crippen molar-refractivity contribution in [3.63, 3.8) is 0 Å². The molecule has 0 amide bonds. The summed E-state index contributed by atoms with van der Waals surface area (Å²) in [5.41, 5.74) is 8.71. The van der Waals surface area contributed by atoms with Crippen LogP contribution in [0.1, 0.15) is 5.69 Å². The number of benzene rings is 3. The van der Waals surface area contributed by atoms with E-state index >= 15 is 0 Å². The topological polar surface area (TPSA) is 29.9 Å². The van der Waals surface area contributed by atoms with Gasteiger partial charge in [0.05, 0.1) is 34.0 Å². The number of halogens is 1. The van der Waals surface area contributed by atoms with Crippen LogP contribution in [0, 0.1) is 0 Å². The second-order valence-electron chi connectivity index (χ2n) is 7.87. The van der Waals surface area contributed by atoms with E-state index in [1.165, 1.54) is 11.1 Å². The number of rotatable bonds is 3. The van der Waals surface area contributed by atoms with E-state index in [4.69, 9.17) is 4.98 Å². The predicted molar refractivity (Wildman–Crippen MR) is 137 cm³/mol. The van der Waals surface area contributed by atoms with Gasteiger partial charge in [-0.25, -0.2) is 4.98 Å². The molecule has 3 heterocycles. The zero-order valence-electron chi connectivity index (χ0n) is 17.3. The van der Waals surface area contributed by atoms with Gasteiger partial charge in [-0.2, -0.15) is 0 Å². The van der Waals surface area contributed by atoms with Gasteiger partial charge in [0.2, 0.25) is 0 Å². The van der Waals surface area contributed by atoms with E-state index in [1.54, 1.807) is 0 Å². The van der Waals surface area contributed by atoms with E-state index in [2.05, 4.69) is 117 Å². The zero-order valence-corrected chi connectivity index (χ0v) is 18.9. The highest BCUT2D eigenvalue weighted by Crippen LogP contribution is 2.38. The molecule has 6 rings (SSSR count). The fourth-order valence-electron chi connectivity index (χ4n) is 4.39. The largest absolute Gasteiger partial charge is 0.379 e. The quantitative estimate of drug-likeness (QED) is 0.290. The monoisotopic (exact) mass is 477 g/mol. The van der Waals surface area contributed by atoms with E-state index in [0.717, 1.165) is 50.4 Å². The highest BCUT2D eigenvalue weighted by atomic mass is 79.9. The van der Waals surface area contributed by atoms with E-state index < -0.39 is 0 Å². The van der Waals surface area contributed by atoms with E-state index in [1.807, 2.05) is 12.1 Å². The van der Waals surface area contributed by atoms with Crippen LogP contribution >= 0.6 is 15.9 Å². The molecule has 0 unspecified atom stereocenters. The van der Waals surface area contributed by atoms with Crippen molar-refractivity contribution in [2.24, 2.45) is 0 Å². The van der Waals surface area contributed by atoms with Crippen LogP contribution in [0.4, 0.5) is 5.69 Å². The molecule has 4 heteroatoms. The fourth-order valence-corrected chi connectivity index (χ4v) is 4.74. The van der Waals surface area contributed by atoms with Crippen LogP contribution in [-0.4, -0.2) is 16.1 Å². The number of nitrogens with zero attached hydrogens (tertiary/aromatic N) is 2. The standard InChI is InChI=1S/C28H20BrN3/c29-21-13-14-23-27(16-21)32(26-12-7-15-30-28(23)26)22-17-24(19-8-3-1-4-9-19)31-25(18-22)20-10-5-2-6-11-20/h1-14,16-18,30H,15H2. The van der Waals surface area contributed by atoms with Gasteiger partial charge in [-0.3, -0.25) is 0 Å². The highest BCUT2D eigenvalue weighted by molar-refractivity contribution is 9.10. The normalized spacial score (nSPS) is 12.5. The second-order valence-corrected chi connectivity index (χ2v) is 8.78. The molecule has 5 aromatic rings. The van der Waals surface area contributed by atoms with Gasteiger partial charge in [-0.15, -0.1) is 0 Å². The molecule has 0 saturated carbocycles. The Morgan fingerprint density at radius 3 is 2.09 bits per heavy atom. The summed E-state index contributed by atoms with van der Waals surface area (Å²) in [6, 6.07) is 31.6. The lowest BCUT2D eigenvalue weighted by Gasteiger charge is -2.15. The molecule has 3 aromatic carbocycles. The van der Waals surface area contributed by atoms with Crippen LogP contribution in [-0.2, 0) is 0 Å². The van der Waals surface area contributed by atoms with Crippen LogP contribution in [0.5, 0.6) is 0 Å². The molecule has 1 aliphatic heterocycles. The lowest BCUT2D eigenvalue weighted by molar-refractivity contribution is 1.09. The molecule has 0 saturated heterocycles. The molecule has 32 heavy (non-hydrogen) atoms. The van der Waals surface area contributed by atoms with Crippen molar-refractivity contribution in [2.45, 2.75) is 0 Å². The van der Waals surface area contributed by atoms with Crippen molar-refractivity contribution in [1.29, 1.82) is 0 Å². The van der Waals surface area contributed by atoms with Crippen molar-refractivity contribution in [2.75, 3.05) is 11.9 Å². The maximum atomic E-state index is 5.04. The molecule has 1 aliphatic rings. The minimum atomic E-state index is 0.836. The molecule has 0 fully saturated rings. The van der Waals surface area contributed by atoms with Crippen LogP contribution < -0.4 is 5.32 Å². The Hall–Kier alpha value is -3.63. The molecule has 3 nitrogen and oxygen atoms in total. The zero-order chi connectivity index (χ0) is 21.5. The summed E-state index contributed by atoms with van der Waals surface area (Å²) in [6.45, 7) is 0.836. The Bertz CT molecular complexity index is 1410. The fraction of sp³-hybridized carbons (Fsp3) is 0.0357. The Balaban J connectivity index is 1.67. The van der Waals surface area contributed by atoms with Crippen molar-refractivity contribution in [1.82, 2.24) is 9.55 Å². The number of hydrogen-bond donors (Lipinski definition) is 1. The summed E-state index contributed by atoms with van der Waals surface area (Å²) in [4.78, 5) is 5.04. The van der Waals surface area contributed by atoms with Crippen LogP contribution in [0.25, 0.3) is 45.2 Å². The molecule has 0 spiro atoms. The van der Waals surface area contributed by atoms with Gasteiger partial charge in [-0.05, 0) is 36.4 Å². The summed E-state index contributed by atoms with van der Waals surface area (Å²) in [5.74, 6) is 0. The number of pyridine rings is 1. The summed E-state index contributed by atoms with van der Waals surface area (Å²) < 4.78 is 3.39. The number of hydrogen-bond acceptors (Lipinski definition) is 2. The Labute approximate surface area is 195 Å². The van der Waals surface area contributed by atoms with Gasteiger partial charge < -0.3 is 9.88 Å². The van der Waals surface area contributed by atoms with Gasteiger partial charge in [0.1, 0.15) is 0 Å². The molecule has 1 N–H and O–H groups in total. The first-order chi connectivity index (χ1) is 15.8. The number of aromatic nitrogens is 2. The van der Waals surface area contributed by atoms with E-state index in [0.29, 0.717) is 0 Å². The van der Waals surface area contributed by atoms with Crippen molar-refractivity contribution < 1.29 is 0 Å². The lowest BCUT2D eigenvalue weighted by atomic mass is 10.1. The maximum Gasteiger partial charge on any atom is 0.0730 e. The minimum absolute atomic E-state index is 0.836. The van der Waals surface area contributed by atoms with Crippen molar-refractivity contribution >= 4 is 38.6 Å². The molecular formula is C28H20BrN3. The van der Waals surface area contributed by atoms with Crippen LogP contribution in [0.2, 0.25) is 0 Å².